The highest BCUT2D eigenvalue weighted by Gasteiger charge is 2.45. The number of aromatic nitrogens is 1. The van der Waals surface area contributed by atoms with Crippen LogP contribution >= 0.6 is 61.5 Å². The molecule has 2 heterocycles. The molecule has 1 atom stereocenters. The quantitative estimate of drug-likeness (QED) is 0.151. The summed E-state index contributed by atoms with van der Waals surface area (Å²) in [5, 5.41) is 9.32. The van der Waals surface area contributed by atoms with E-state index in [-0.39, 0.29) is 28.1 Å². The maximum atomic E-state index is 14.3. The first-order valence-electron chi connectivity index (χ1n) is 13.1. The number of hydrogen-bond acceptors (Lipinski definition) is 7. The van der Waals surface area contributed by atoms with Crippen LogP contribution in [0.1, 0.15) is 35.2 Å². The van der Waals surface area contributed by atoms with Gasteiger partial charge in [0.1, 0.15) is 12.4 Å². The SMILES string of the molecule is CCOC(=O)C1=C(C(F)(F)F)N=c2s/c(=C\c3cc(Br)c(OCc4ccc(C#N)cc4)c(I)c3)c(=O)n2[C@@H]1c1ccc(Cl)cc1. The summed E-state index contributed by atoms with van der Waals surface area (Å²) in [4.78, 5) is 30.4. The molecule has 0 saturated heterocycles. The Labute approximate surface area is 285 Å². The third kappa shape index (κ3) is 7.04. The second kappa shape index (κ2) is 13.5. The standard InChI is InChI=1S/C31H19BrClF3IN3O4S/c1-2-43-29(42)24-25(19-7-9-20(33)10-8-19)40-28(41)23(45-30(40)39-27(24)31(34,35)36)13-18-11-21(32)26(22(37)12-18)44-15-17-5-3-16(14-38)4-6-17/h3-13,25H,2,15H2,1H3/b23-13-/t25-/m1/s1. The van der Waals surface area contributed by atoms with Crippen molar-refractivity contribution >= 4 is 73.5 Å². The fraction of sp³-hybridized carbons (Fsp3) is 0.161. The lowest BCUT2D eigenvalue weighted by Crippen LogP contribution is -2.41. The summed E-state index contributed by atoms with van der Waals surface area (Å²) in [6, 6.07) is 16.9. The molecule has 1 aliphatic heterocycles. The first-order valence-corrected chi connectivity index (χ1v) is 16.1. The van der Waals surface area contributed by atoms with Gasteiger partial charge in [0.2, 0.25) is 0 Å². The number of thiazole rings is 1. The van der Waals surface area contributed by atoms with E-state index in [1.54, 1.807) is 42.5 Å². The number of fused-ring (bicyclic) bond motifs is 1. The van der Waals surface area contributed by atoms with Crippen molar-refractivity contribution in [2.75, 3.05) is 6.61 Å². The zero-order chi connectivity index (χ0) is 32.5. The van der Waals surface area contributed by atoms with Gasteiger partial charge in [0.25, 0.3) is 5.56 Å². The van der Waals surface area contributed by atoms with Gasteiger partial charge in [-0.05, 0) is 105 Å². The van der Waals surface area contributed by atoms with Crippen LogP contribution in [0.4, 0.5) is 13.2 Å². The number of alkyl halides is 3. The summed E-state index contributed by atoms with van der Waals surface area (Å²) in [5.74, 6) is -0.673. The van der Waals surface area contributed by atoms with Crippen LogP contribution in [-0.2, 0) is 16.1 Å². The molecule has 0 aliphatic carbocycles. The number of allylic oxidation sites excluding steroid dienone is 1. The van der Waals surface area contributed by atoms with E-state index in [9.17, 15) is 22.8 Å². The number of benzene rings is 3. The second-order valence-electron chi connectivity index (χ2n) is 9.53. The Kier molecular flexibility index (Phi) is 9.88. The summed E-state index contributed by atoms with van der Waals surface area (Å²) in [6.07, 6.45) is -3.46. The highest BCUT2D eigenvalue weighted by atomic mass is 127. The maximum Gasteiger partial charge on any atom is 0.434 e. The highest BCUT2D eigenvalue weighted by molar-refractivity contribution is 14.1. The molecule has 230 valence electrons. The van der Waals surface area contributed by atoms with Crippen molar-refractivity contribution < 1.29 is 27.4 Å². The average Bonchev–Trinajstić information content (AvgIpc) is 3.30. The van der Waals surface area contributed by atoms with E-state index >= 15 is 0 Å². The fourth-order valence-corrected chi connectivity index (χ4v) is 7.48. The molecule has 1 aliphatic rings. The molecular formula is C31H19BrClF3IN3O4S. The van der Waals surface area contributed by atoms with E-state index in [0.29, 0.717) is 29.9 Å². The number of hydrogen-bond donors (Lipinski definition) is 0. The molecule has 0 saturated carbocycles. The smallest absolute Gasteiger partial charge is 0.434 e. The molecule has 0 unspecified atom stereocenters. The predicted octanol–water partition coefficient (Wildman–Crippen LogP) is 6.81. The lowest BCUT2D eigenvalue weighted by atomic mass is 9.95. The van der Waals surface area contributed by atoms with E-state index in [4.69, 9.17) is 26.3 Å². The highest BCUT2D eigenvalue weighted by Crippen LogP contribution is 2.38. The lowest BCUT2D eigenvalue weighted by molar-refractivity contribution is -0.140. The fourth-order valence-electron chi connectivity index (χ4n) is 4.58. The van der Waals surface area contributed by atoms with Crippen LogP contribution in [0.25, 0.3) is 6.08 Å². The Bertz CT molecular complexity index is 2030. The molecule has 4 aromatic rings. The van der Waals surface area contributed by atoms with Gasteiger partial charge < -0.3 is 9.47 Å². The topological polar surface area (TPSA) is 93.7 Å². The summed E-state index contributed by atoms with van der Waals surface area (Å²) >= 11 is 12.4. The van der Waals surface area contributed by atoms with Gasteiger partial charge >= 0.3 is 12.1 Å². The number of carbonyl (C=O) groups is 1. The van der Waals surface area contributed by atoms with Gasteiger partial charge in [0, 0.05) is 5.02 Å². The molecule has 7 nitrogen and oxygen atoms in total. The van der Waals surface area contributed by atoms with Crippen molar-refractivity contribution in [2.24, 2.45) is 4.99 Å². The number of rotatable bonds is 7. The van der Waals surface area contributed by atoms with Crippen molar-refractivity contribution in [3.63, 3.8) is 0 Å². The van der Waals surface area contributed by atoms with Crippen molar-refractivity contribution in [3.05, 3.63) is 127 Å². The van der Waals surface area contributed by atoms with Crippen LogP contribution in [0.15, 0.2) is 86.2 Å². The lowest BCUT2D eigenvalue weighted by Gasteiger charge is -2.26. The van der Waals surface area contributed by atoms with Crippen LogP contribution < -0.4 is 19.6 Å². The van der Waals surface area contributed by atoms with Crippen LogP contribution in [-0.4, -0.2) is 23.3 Å². The minimum absolute atomic E-state index is 0.105. The normalized spacial score (nSPS) is 14.9. The van der Waals surface area contributed by atoms with Gasteiger partial charge in [0.05, 0.1) is 42.4 Å². The number of halogens is 6. The molecule has 5 rings (SSSR count). The predicted molar refractivity (Wildman–Crippen MR) is 175 cm³/mol. The number of nitrogens with zero attached hydrogens (tertiary/aromatic N) is 3. The minimum Gasteiger partial charge on any atom is -0.487 e. The monoisotopic (exact) mass is 827 g/mol. The summed E-state index contributed by atoms with van der Waals surface area (Å²) in [5.41, 5.74) is -0.637. The molecule has 0 N–H and O–H groups in total. The number of nitriles is 1. The number of carbonyl (C=O) groups excluding carboxylic acids is 1. The van der Waals surface area contributed by atoms with E-state index < -0.39 is 35.0 Å². The van der Waals surface area contributed by atoms with Gasteiger partial charge in [-0.25, -0.2) is 9.79 Å². The Hall–Kier alpha value is -3.45. The molecular weight excluding hydrogens is 810 g/mol. The molecule has 0 radical (unpaired) electrons. The van der Waals surface area contributed by atoms with Gasteiger partial charge in [-0.3, -0.25) is 9.36 Å². The minimum atomic E-state index is -5.00. The van der Waals surface area contributed by atoms with Crippen LogP contribution in [0.2, 0.25) is 5.02 Å². The Morgan fingerprint density at radius 1 is 1.20 bits per heavy atom. The molecule has 1 aromatic heterocycles. The average molecular weight is 829 g/mol. The van der Waals surface area contributed by atoms with Gasteiger partial charge in [0.15, 0.2) is 10.5 Å². The van der Waals surface area contributed by atoms with Gasteiger partial charge in [-0.1, -0.05) is 47.2 Å². The van der Waals surface area contributed by atoms with E-state index in [1.807, 2.05) is 0 Å². The van der Waals surface area contributed by atoms with Crippen molar-refractivity contribution in [3.8, 4) is 11.8 Å². The largest absolute Gasteiger partial charge is 0.487 e. The van der Waals surface area contributed by atoms with Crippen LogP contribution in [0, 0.1) is 14.9 Å². The Morgan fingerprint density at radius 2 is 1.89 bits per heavy atom. The van der Waals surface area contributed by atoms with Crippen molar-refractivity contribution in [1.82, 2.24) is 4.57 Å². The second-order valence-corrected chi connectivity index (χ2v) is 13.0. The molecule has 3 aromatic carbocycles. The first kappa shape index (κ1) is 32.9. The first-order chi connectivity index (χ1) is 21.4. The molecule has 45 heavy (non-hydrogen) atoms. The van der Waals surface area contributed by atoms with Crippen molar-refractivity contribution in [1.29, 1.82) is 5.26 Å². The summed E-state index contributed by atoms with van der Waals surface area (Å²) < 4.78 is 56.4. The Morgan fingerprint density at radius 3 is 2.49 bits per heavy atom. The summed E-state index contributed by atoms with van der Waals surface area (Å²) in [6.45, 7) is 1.54. The summed E-state index contributed by atoms with van der Waals surface area (Å²) in [7, 11) is 0. The van der Waals surface area contributed by atoms with Crippen LogP contribution in [0.5, 0.6) is 5.75 Å². The molecule has 0 amide bonds. The van der Waals surface area contributed by atoms with Crippen molar-refractivity contribution in [2.45, 2.75) is 25.7 Å². The van der Waals surface area contributed by atoms with Crippen LogP contribution in [0.3, 0.4) is 0 Å². The van der Waals surface area contributed by atoms with E-state index in [2.05, 4.69) is 49.6 Å². The zero-order valence-electron chi connectivity index (χ0n) is 23.0. The molecule has 14 heteroatoms. The van der Waals surface area contributed by atoms with E-state index in [0.717, 1.165) is 21.5 Å². The third-order valence-electron chi connectivity index (χ3n) is 6.57. The number of esters is 1. The van der Waals surface area contributed by atoms with E-state index in [1.165, 1.54) is 31.2 Å². The third-order valence-corrected chi connectivity index (χ3v) is 9.19. The van der Waals surface area contributed by atoms with Gasteiger partial charge in [-0.15, -0.1) is 0 Å². The molecule has 0 fully saturated rings. The van der Waals surface area contributed by atoms with Gasteiger partial charge in [-0.2, -0.15) is 18.4 Å². The molecule has 0 spiro atoms. The Balaban J connectivity index is 1.60. The number of ether oxygens (including phenoxy) is 2. The zero-order valence-corrected chi connectivity index (χ0v) is 28.3. The maximum absolute atomic E-state index is 14.3. The molecule has 0 bridgehead atoms.